The van der Waals surface area contributed by atoms with Crippen molar-refractivity contribution in [2.75, 3.05) is 0 Å². The van der Waals surface area contributed by atoms with Crippen LogP contribution < -0.4 is 0 Å². The highest BCUT2D eigenvalue weighted by atomic mass is 19.4. The van der Waals surface area contributed by atoms with Crippen LogP contribution in [0.5, 0.6) is 5.75 Å². The molecule has 0 aliphatic carbocycles. The summed E-state index contributed by atoms with van der Waals surface area (Å²) in [6, 6.07) is 5.51. The third-order valence-electron chi connectivity index (χ3n) is 2.37. The second-order valence-corrected chi connectivity index (χ2v) is 3.62. The van der Waals surface area contributed by atoms with Gasteiger partial charge in [-0.1, -0.05) is 12.1 Å². The fourth-order valence-electron chi connectivity index (χ4n) is 1.62. The van der Waals surface area contributed by atoms with Gasteiger partial charge in [0.2, 0.25) is 0 Å². The Hall–Kier alpha value is -1.98. The number of hydrogen-bond donors (Lipinski definition) is 2. The fraction of sp³-hybridized carbons (Fsp3) is 0.182. The van der Waals surface area contributed by atoms with Crippen LogP contribution in [-0.2, 0) is 6.18 Å². The van der Waals surface area contributed by atoms with Gasteiger partial charge >= 0.3 is 6.18 Å². The highest BCUT2D eigenvalue weighted by molar-refractivity contribution is 5.69. The molecule has 0 amide bonds. The van der Waals surface area contributed by atoms with E-state index < -0.39 is 11.9 Å². The molecule has 6 heteroatoms. The molecule has 0 bridgehead atoms. The number of rotatable bonds is 1. The molecule has 0 radical (unpaired) electrons. The lowest BCUT2D eigenvalue weighted by Gasteiger charge is -2.07. The van der Waals surface area contributed by atoms with Crippen molar-refractivity contribution in [3.63, 3.8) is 0 Å². The molecule has 0 unspecified atom stereocenters. The summed E-state index contributed by atoms with van der Waals surface area (Å²) in [5.74, 6) is 0.00320. The van der Waals surface area contributed by atoms with Crippen LogP contribution in [0.3, 0.4) is 0 Å². The van der Waals surface area contributed by atoms with Crippen LogP contribution in [0, 0.1) is 6.92 Å². The summed E-state index contributed by atoms with van der Waals surface area (Å²) in [7, 11) is 0. The molecule has 90 valence electrons. The maximum absolute atomic E-state index is 12.7. The Morgan fingerprint density at radius 3 is 2.29 bits per heavy atom. The van der Waals surface area contributed by atoms with Crippen molar-refractivity contribution in [1.82, 2.24) is 10.2 Å². The van der Waals surface area contributed by atoms with Crippen molar-refractivity contribution in [1.29, 1.82) is 0 Å². The van der Waals surface area contributed by atoms with E-state index in [1.165, 1.54) is 31.2 Å². The van der Waals surface area contributed by atoms with Gasteiger partial charge in [0.25, 0.3) is 0 Å². The van der Waals surface area contributed by atoms with Gasteiger partial charge in [0.05, 0.1) is 0 Å². The van der Waals surface area contributed by atoms with E-state index in [0.717, 1.165) is 0 Å². The minimum atomic E-state index is -4.50. The predicted molar refractivity (Wildman–Crippen MR) is 55.4 cm³/mol. The molecule has 0 saturated carbocycles. The van der Waals surface area contributed by atoms with Crippen LogP contribution in [0.4, 0.5) is 13.2 Å². The number of hydrogen-bond acceptors (Lipinski definition) is 2. The number of aromatic amines is 1. The largest absolute Gasteiger partial charge is 0.508 e. The molecule has 3 nitrogen and oxygen atoms in total. The third kappa shape index (κ3) is 2.11. The van der Waals surface area contributed by atoms with E-state index in [0.29, 0.717) is 11.3 Å². The van der Waals surface area contributed by atoms with Gasteiger partial charge in [-0.3, -0.25) is 5.10 Å². The first kappa shape index (κ1) is 11.5. The van der Waals surface area contributed by atoms with Gasteiger partial charge in [-0.15, -0.1) is 0 Å². The zero-order valence-corrected chi connectivity index (χ0v) is 8.84. The van der Waals surface area contributed by atoms with Gasteiger partial charge in [-0.05, 0) is 24.6 Å². The predicted octanol–water partition coefficient (Wildman–Crippen LogP) is 3.11. The van der Waals surface area contributed by atoms with Crippen LogP contribution in [0.1, 0.15) is 11.4 Å². The number of aromatic hydroxyl groups is 1. The number of H-pyrrole nitrogens is 1. The lowest BCUT2D eigenvalue weighted by atomic mass is 10.0. The summed E-state index contributed by atoms with van der Waals surface area (Å²) in [4.78, 5) is 0. The Balaban J connectivity index is 2.59. The summed E-state index contributed by atoms with van der Waals surface area (Å²) < 4.78 is 38.1. The van der Waals surface area contributed by atoms with Crippen molar-refractivity contribution in [3.8, 4) is 16.9 Å². The van der Waals surface area contributed by atoms with Gasteiger partial charge in [-0.2, -0.15) is 18.3 Å². The van der Waals surface area contributed by atoms with Crippen LogP contribution in [0.2, 0.25) is 0 Å². The molecule has 0 saturated heterocycles. The van der Waals surface area contributed by atoms with Crippen molar-refractivity contribution in [3.05, 3.63) is 35.7 Å². The number of phenols is 1. The molecule has 2 rings (SSSR count). The molecular weight excluding hydrogens is 233 g/mol. The van der Waals surface area contributed by atoms with Gasteiger partial charge in [0.1, 0.15) is 5.75 Å². The van der Waals surface area contributed by atoms with Crippen LogP contribution in [0.15, 0.2) is 24.3 Å². The summed E-state index contributed by atoms with van der Waals surface area (Å²) >= 11 is 0. The number of aryl methyl sites for hydroxylation is 1. The quantitative estimate of drug-likeness (QED) is 0.807. The van der Waals surface area contributed by atoms with Gasteiger partial charge in [0, 0.05) is 11.3 Å². The number of halogens is 3. The number of nitrogens with one attached hydrogen (secondary N) is 1. The van der Waals surface area contributed by atoms with Gasteiger partial charge in [0.15, 0.2) is 5.69 Å². The topological polar surface area (TPSA) is 48.9 Å². The number of aromatic nitrogens is 2. The number of nitrogens with zero attached hydrogens (tertiary/aromatic N) is 1. The van der Waals surface area contributed by atoms with E-state index in [2.05, 4.69) is 10.2 Å². The summed E-state index contributed by atoms with van der Waals surface area (Å²) in [6.45, 7) is 1.52. The highest BCUT2D eigenvalue weighted by Crippen LogP contribution is 2.37. The second kappa shape index (κ2) is 3.80. The van der Waals surface area contributed by atoms with Gasteiger partial charge < -0.3 is 5.11 Å². The molecule has 0 aliphatic heterocycles. The molecular formula is C11H9F3N2O. The maximum Gasteiger partial charge on any atom is 0.435 e. The number of alkyl halides is 3. The molecule has 1 aromatic carbocycles. The molecule has 1 heterocycles. The van der Waals surface area contributed by atoms with E-state index >= 15 is 0 Å². The van der Waals surface area contributed by atoms with Crippen LogP contribution >= 0.6 is 0 Å². The minimum absolute atomic E-state index is 0.00320. The highest BCUT2D eigenvalue weighted by Gasteiger charge is 2.37. The zero-order valence-electron chi connectivity index (χ0n) is 8.84. The van der Waals surface area contributed by atoms with E-state index in [1.54, 1.807) is 0 Å². The first-order chi connectivity index (χ1) is 7.89. The molecule has 2 N–H and O–H groups in total. The molecule has 0 spiro atoms. The second-order valence-electron chi connectivity index (χ2n) is 3.62. The zero-order chi connectivity index (χ0) is 12.6. The average molecular weight is 242 g/mol. The molecule has 17 heavy (non-hydrogen) atoms. The fourth-order valence-corrected chi connectivity index (χ4v) is 1.62. The van der Waals surface area contributed by atoms with E-state index in [1.807, 2.05) is 0 Å². The van der Waals surface area contributed by atoms with Crippen LogP contribution in [-0.4, -0.2) is 15.3 Å². The van der Waals surface area contributed by atoms with E-state index in [-0.39, 0.29) is 11.3 Å². The Morgan fingerprint density at radius 2 is 1.76 bits per heavy atom. The van der Waals surface area contributed by atoms with Crippen molar-refractivity contribution >= 4 is 0 Å². The molecule has 0 fully saturated rings. The molecule has 1 aromatic heterocycles. The first-order valence-corrected chi connectivity index (χ1v) is 4.81. The summed E-state index contributed by atoms with van der Waals surface area (Å²) in [5, 5.41) is 14.7. The van der Waals surface area contributed by atoms with Crippen LogP contribution in [0.25, 0.3) is 11.1 Å². The first-order valence-electron chi connectivity index (χ1n) is 4.81. The smallest absolute Gasteiger partial charge is 0.435 e. The summed E-state index contributed by atoms with van der Waals surface area (Å²) in [5.41, 5.74) is -0.234. The lowest BCUT2D eigenvalue weighted by Crippen LogP contribution is -2.07. The molecule has 0 aliphatic rings. The van der Waals surface area contributed by atoms with Gasteiger partial charge in [-0.25, -0.2) is 0 Å². The number of phenolic OH excluding ortho intramolecular Hbond substituents is 1. The maximum atomic E-state index is 12.7. The Labute approximate surface area is 94.9 Å². The Bertz CT molecular complexity index is 529. The molecule has 2 aromatic rings. The Kier molecular flexibility index (Phi) is 2.57. The minimum Gasteiger partial charge on any atom is -0.508 e. The normalized spacial score (nSPS) is 11.8. The van der Waals surface area contributed by atoms with Crippen molar-refractivity contribution < 1.29 is 18.3 Å². The average Bonchev–Trinajstić information content (AvgIpc) is 2.61. The van der Waals surface area contributed by atoms with Crippen molar-refractivity contribution in [2.45, 2.75) is 13.1 Å². The van der Waals surface area contributed by atoms with E-state index in [9.17, 15) is 13.2 Å². The molecule has 0 atom stereocenters. The lowest BCUT2D eigenvalue weighted by molar-refractivity contribution is -0.140. The summed E-state index contributed by atoms with van der Waals surface area (Å²) in [6.07, 6.45) is -4.50. The standard InChI is InChI=1S/C11H9F3N2O/c1-6-9(7-2-4-8(17)5-3-7)10(16-15-6)11(12,13)14/h2-5,17H,1H3,(H,15,16). The number of benzene rings is 1. The monoisotopic (exact) mass is 242 g/mol. The van der Waals surface area contributed by atoms with Crippen molar-refractivity contribution in [2.24, 2.45) is 0 Å². The van der Waals surface area contributed by atoms with E-state index in [4.69, 9.17) is 5.11 Å². The third-order valence-corrected chi connectivity index (χ3v) is 2.37. The SMILES string of the molecule is Cc1[nH]nc(C(F)(F)F)c1-c1ccc(O)cc1. The Morgan fingerprint density at radius 1 is 1.18 bits per heavy atom.